The Hall–Kier alpha value is -0.830. The maximum Gasteiger partial charge on any atom is 0.0644 e. The van der Waals surface area contributed by atoms with Gasteiger partial charge >= 0.3 is 0 Å². The van der Waals surface area contributed by atoms with E-state index in [1.165, 1.54) is 49.1 Å². The first-order valence-corrected chi connectivity index (χ1v) is 7.86. The van der Waals surface area contributed by atoms with Gasteiger partial charge < -0.3 is 5.32 Å². The number of unbranched alkanes of at least 4 members (excludes halogenated alkanes) is 4. The molecule has 0 aliphatic heterocycles. The largest absolute Gasteiger partial charge is 0.313 e. The molecule has 1 heterocycles. The van der Waals surface area contributed by atoms with Gasteiger partial charge in [-0.3, -0.25) is 4.68 Å². The van der Waals surface area contributed by atoms with E-state index in [-0.39, 0.29) is 0 Å². The number of hydrogen-bond acceptors (Lipinski definition) is 2. The Bertz CT molecular complexity index is 364. The second kappa shape index (κ2) is 8.36. The average molecular weight is 265 g/mol. The molecule has 0 spiro atoms. The van der Waals surface area contributed by atoms with Crippen LogP contribution in [0.3, 0.4) is 0 Å². The molecular formula is C16H31N3. The highest BCUT2D eigenvalue weighted by Gasteiger charge is 2.17. The van der Waals surface area contributed by atoms with Gasteiger partial charge in [0.15, 0.2) is 0 Å². The van der Waals surface area contributed by atoms with Crippen molar-refractivity contribution in [3.63, 3.8) is 0 Å². The summed E-state index contributed by atoms with van der Waals surface area (Å²) in [5, 5.41) is 8.12. The van der Waals surface area contributed by atoms with Gasteiger partial charge in [0.2, 0.25) is 0 Å². The van der Waals surface area contributed by atoms with Crippen LogP contribution in [-0.4, -0.2) is 16.8 Å². The van der Waals surface area contributed by atoms with Gasteiger partial charge in [-0.1, -0.05) is 39.5 Å². The maximum absolute atomic E-state index is 4.72. The molecule has 0 bridgehead atoms. The van der Waals surface area contributed by atoms with Gasteiger partial charge in [-0.15, -0.1) is 0 Å². The van der Waals surface area contributed by atoms with Crippen molar-refractivity contribution in [2.75, 3.05) is 7.05 Å². The molecule has 1 N–H and O–H groups in total. The van der Waals surface area contributed by atoms with Crippen LogP contribution in [0.15, 0.2) is 0 Å². The zero-order valence-electron chi connectivity index (χ0n) is 13.4. The van der Waals surface area contributed by atoms with Crippen LogP contribution in [0, 0.1) is 13.8 Å². The molecule has 1 rings (SSSR count). The third kappa shape index (κ3) is 4.34. The van der Waals surface area contributed by atoms with Gasteiger partial charge in [0.25, 0.3) is 0 Å². The molecule has 1 unspecified atom stereocenters. The van der Waals surface area contributed by atoms with E-state index in [0.717, 1.165) is 13.0 Å². The number of nitrogens with one attached hydrogen (secondary N) is 1. The molecule has 3 heteroatoms. The summed E-state index contributed by atoms with van der Waals surface area (Å²) in [6.07, 6.45) is 7.71. The van der Waals surface area contributed by atoms with Crippen molar-refractivity contribution < 1.29 is 0 Å². The first-order valence-electron chi connectivity index (χ1n) is 7.86. The number of aromatic nitrogens is 2. The topological polar surface area (TPSA) is 29.9 Å². The fourth-order valence-electron chi connectivity index (χ4n) is 2.85. The quantitative estimate of drug-likeness (QED) is 0.680. The van der Waals surface area contributed by atoms with Gasteiger partial charge in [-0.2, -0.15) is 5.10 Å². The standard InChI is InChI=1S/C16H31N3/c1-6-8-9-10-11-12-19-14(4)16(13(3)18-19)15(7-2)17-5/h15,17H,6-12H2,1-5H3. The molecule has 0 saturated carbocycles. The van der Waals surface area contributed by atoms with E-state index in [1.807, 2.05) is 7.05 Å². The van der Waals surface area contributed by atoms with Crippen LogP contribution in [0.1, 0.15) is 75.4 Å². The second-order valence-corrected chi connectivity index (χ2v) is 5.47. The van der Waals surface area contributed by atoms with Crippen molar-refractivity contribution >= 4 is 0 Å². The Morgan fingerprint density at radius 2 is 1.79 bits per heavy atom. The highest BCUT2D eigenvalue weighted by molar-refractivity contribution is 5.28. The Balaban J connectivity index is 2.63. The molecule has 1 aromatic heterocycles. The maximum atomic E-state index is 4.72. The highest BCUT2D eigenvalue weighted by Crippen LogP contribution is 2.24. The summed E-state index contributed by atoms with van der Waals surface area (Å²) in [7, 11) is 2.04. The summed E-state index contributed by atoms with van der Waals surface area (Å²) >= 11 is 0. The van der Waals surface area contributed by atoms with Crippen molar-refractivity contribution in [1.82, 2.24) is 15.1 Å². The Kier molecular flexibility index (Phi) is 7.14. The van der Waals surface area contributed by atoms with Crippen LogP contribution in [0.25, 0.3) is 0 Å². The van der Waals surface area contributed by atoms with Crippen LogP contribution in [0.5, 0.6) is 0 Å². The number of aryl methyl sites for hydroxylation is 2. The zero-order valence-corrected chi connectivity index (χ0v) is 13.4. The minimum Gasteiger partial charge on any atom is -0.313 e. The molecule has 0 aromatic carbocycles. The van der Waals surface area contributed by atoms with Crippen molar-refractivity contribution in [1.29, 1.82) is 0 Å². The molecular weight excluding hydrogens is 234 g/mol. The third-order valence-corrected chi connectivity index (χ3v) is 4.02. The van der Waals surface area contributed by atoms with Gasteiger partial charge in [0.05, 0.1) is 5.69 Å². The van der Waals surface area contributed by atoms with Gasteiger partial charge in [-0.25, -0.2) is 0 Å². The van der Waals surface area contributed by atoms with Crippen LogP contribution >= 0.6 is 0 Å². The van der Waals surface area contributed by atoms with Gasteiger partial charge in [0.1, 0.15) is 0 Å². The van der Waals surface area contributed by atoms with E-state index in [4.69, 9.17) is 5.10 Å². The van der Waals surface area contributed by atoms with Crippen molar-refractivity contribution in [2.45, 2.75) is 78.8 Å². The average Bonchev–Trinajstić information content (AvgIpc) is 2.68. The lowest BCUT2D eigenvalue weighted by molar-refractivity contribution is 0.519. The molecule has 0 aliphatic rings. The van der Waals surface area contributed by atoms with E-state index in [9.17, 15) is 0 Å². The predicted octanol–water partition coefficient (Wildman–Crippen LogP) is 4.14. The Labute approximate surface area is 118 Å². The van der Waals surface area contributed by atoms with Crippen molar-refractivity contribution in [2.24, 2.45) is 0 Å². The predicted molar refractivity (Wildman–Crippen MR) is 82.6 cm³/mol. The number of rotatable bonds is 9. The summed E-state index contributed by atoms with van der Waals surface area (Å²) in [4.78, 5) is 0. The lowest BCUT2D eigenvalue weighted by atomic mass is 10.0. The fourth-order valence-corrected chi connectivity index (χ4v) is 2.85. The van der Waals surface area contributed by atoms with E-state index in [0.29, 0.717) is 6.04 Å². The molecule has 19 heavy (non-hydrogen) atoms. The molecule has 3 nitrogen and oxygen atoms in total. The SMILES string of the molecule is CCCCCCCn1nc(C)c(C(CC)NC)c1C. The van der Waals surface area contributed by atoms with Crippen molar-refractivity contribution in [3.8, 4) is 0 Å². The van der Waals surface area contributed by atoms with Crippen LogP contribution < -0.4 is 5.32 Å². The monoisotopic (exact) mass is 265 g/mol. The molecule has 0 saturated heterocycles. The second-order valence-electron chi connectivity index (χ2n) is 5.47. The lowest BCUT2D eigenvalue weighted by Gasteiger charge is -2.14. The number of hydrogen-bond donors (Lipinski definition) is 1. The summed E-state index contributed by atoms with van der Waals surface area (Å²) in [6, 6.07) is 0.439. The summed E-state index contributed by atoms with van der Waals surface area (Å²) < 4.78 is 2.20. The van der Waals surface area contributed by atoms with Crippen molar-refractivity contribution in [3.05, 3.63) is 17.0 Å². The lowest BCUT2D eigenvalue weighted by Crippen LogP contribution is -2.17. The normalized spacial score (nSPS) is 12.9. The smallest absolute Gasteiger partial charge is 0.0644 e. The summed E-state index contributed by atoms with van der Waals surface area (Å²) in [6.45, 7) is 9.89. The van der Waals surface area contributed by atoms with Gasteiger partial charge in [0, 0.05) is 23.8 Å². The fraction of sp³-hybridized carbons (Fsp3) is 0.812. The number of nitrogens with zero attached hydrogens (tertiary/aromatic N) is 2. The van der Waals surface area contributed by atoms with Crippen LogP contribution in [-0.2, 0) is 6.54 Å². The van der Waals surface area contributed by atoms with Gasteiger partial charge in [-0.05, 0) is 33.7 Å². The third-order valence-electron chi connectivity index (χ3n) is 4.02. The molecule has 0 aliphatic carbocycles. The van der Waals surface area contributed by atoms with E-state index >= 15 is 0 Å². The van der Waals surface area contributed by atoms with Crippen LogP contribution in [0.2, 0.25) is 0 Å². The molecule has 1 aromatic rings. The molecule has 0 amide bonds. The van der Waals surface area contributed by atoms with E-state index < -0.39 is 0 Å². The first-order chi connectivity index (χ1) is 9.15. The zero-order chi connectivity index (χ0) is 14.3. The first kappa shape index (κ1) is 16.2. The molecule has 110 valence electrons. The Morgan fingerprint density at radius 1 is 1.11 bits per heavy atom. The molecule has 0 radical (unpaired) electrons. The minimum atomic E-state index is 0.439. The summed E-state index contributed by atoms with van der Waals surface area (Å²) in [5.74, 6) is 0. The van der Waals surface area contributed by atoms with Crippen LogP contribution in [0.4, 0.5) is 0 Å². The Morgan fingerprint density at radius 3 is 2.37 bits per heavy atom. The minimum absolute atomic E-state index is 0.439. The molecule has 0 fully saturated rings. The van der Waals surface area contributed by atoms with E-state index in [2.05, 4.69) is 37.7 Å². The molecule has 1 atom stereocenters. The van der Waals surface area contributed by atoms with E-state index in [1.54, 1.807) is 0 Å². The highest BCUT2D eigenvalue weighted by atomic mass is 15.3. The summed E-state index contributed by atoms with van der Waals surface area (Å²) in [5.41, 5.74) is 3.93.